The molecule has 0 aromatic rings. The third-order valence-electron chi connectivity index (χ3n) is 4.11. The molecule has 0 unspecified atom stereocenters. The van der Waals surface area contributed by atoms with Crippen LogP contribution in [0.15, 0.2) is 5.16 Å². The van der Waals surface area contributed by atoms with E-state index in [2.05, 4.69) is 5.16 Å². The lowest BCUT2D eigenvalue weighted by Crippen LogP contribution is -2.43. The smallest absolute Gasteiger partial charge is 0.236 e. The van der Waals surface area contributed by atoms with Gasteiger partial charge >= 0.3 is 0 Å². The van der Waals surface area contributed by atoms with Crippen LogP contribution >= 0.6 is 0 Å². The molecule has 0 bridgehead atoms. The Bertz CT molecular complexity index is 331. The second-order valence-electron chi connectivity index (χ2n) is 5.40. The quantitative estimate of drug-likeness (QED) is 0.334. The summed E-state index contributed by atoms with van der Waals surface area (Å²) in [5.74, 6) is 0.715. The second-order valence-corrected chi connectivity index (χ2v) is 5.40. The van der Waals surface area contributed by atoms with E-state index in [1.807, 2.05) is 7.05 Å². The summed E-state index contributed by atoms with van der Waals surface area (Å²) in [7, 11) is 1.82. The summed E-state index contributed by atoms with van der Waals surface area (Å²) in [5.41, 5.74) is 4.92. The number of carbonyl (C=O) groups excluding carboxylic acids is 1. The van der Waals surface area contributed by atoms with Gasteiger partial charge < -0.3 is 15.8 Å². The minimum atomic E-state index is -0.692. The lowest BCUT2D eigenvalue weighted by Gasteiger charge is -2.25. The molecule has 2 aliphatic carbocycles. The maximum absolute atomic E-state index is 12.3. The van der Waals surface area contributed by atoms with Crippen molar-refractivity contribution in [2.75, 3.05) is 13.6 Å². The summed E-state index contributed by atoms with van der Waals surface area (Å²) < 4.78 is 0. The Morgan fingerprint density at radius 1 is 1.47 bits per heavy atom. The van der Waals surface area contributed by atoms with E-state index in [4.69, 9.17) is 10.9 Å². The molecule has 0 aromatic carbocycles. The molecule has 5 heteroatoms. The largest absolute Gasteiger partial charge is 0.409 e. The van der Waals surface area contributed by atoms with Gasteiger partial charge in [0.1, 0.15) is 5.41 Å². The van der Waals surface area contributed by atoms with E-state index in [1.165, 1.54) is 25.7 Å². The van der Waals surface area contributed by atoms with Crippen LogP contribution in [0.2, 0.25) is 0 Å². The average molecular weight is 239 g/mol. The Morgan fingerprint density at radius 2 is 2.06 bits per heavy atom. The van der Waals surface area contributed by atoms with Crippen molar-refractivity contribution >= 4 is 11.7 Å². The number of rotatable bonds is 4. The van der Waals surface area contributed by atoms with Gasteiger partial charge in [0.25, 0.3) is 0 Å². The lowest BCUT2D eigenvalue weighted by atomic mass is 10.0. The molecule has 0 atom stereocenters. The molecule has 5 nitrogen and oxygen atoms in total. The molecule has 0 spiro atoms. The van der Waals surface area contributed by atoms with Gasteiger partial charge in [0.05, 0.1) is 0 Å². The predicted octanol–water partition coefficient (Wildman–Crippen LogP) is 1.16. The summed E-state index contributed by atoms with van der Waals surface area (Å²) in [6, 6.07) is 0. The van der Waals surface area contributed by atoms with Gasteiger partial charge in [-0.05, 0) is 31.6 Å². The van der Waals surface area contributed by atoms with Gasteiger partial charge in [0.2, 0.25) is 5.91 Å². The van der Waals surface area contributed by atoms with Gasteiger partial charge in [-0.15, -0.1) is 0 Å². The number of nitrogens with two attached hydrogens (primary N) is 1. The predicted molar refractivity (Wildman–Crippen MR) is 64.7 cm³/mol. The van der Waals surface area contributed by atoms with Gasteiger partial charge in [0, 0.05) is 13.6 Å². The summed E-state index contributed by atoms with van der Waals surface area (Å²) in [4.78, 5) is 14.0. The topological polar surface area (TPSA) is 78.9 Å². The highest BCUT2D eigenvalue weighted by Crippen LogP contribution is 2.47. The molecule has 2 aliphatic rings. The van der Waals surface area contributed by atoms with E-state index in [9.17, 15) is 4.79 Å². The molecule has 0 heterocycles. The molecule has 17 heavy (non-hydrogen) atoms. The summed E-state index contributed by atoms with van der Waals surface area (Å²) in [5, 5.41) is 11.7. The lowest BCUT2D eigenvalue weighted by molar-refractivity contribution is -0.133. The van der Waals surface area contributed by atoms with Crippen molar-refractivity contribution < 1.29 is 10.0 Å². The molecule has 3 N–H and O–H groups in total. The Hall–Kier alpha value is -1.26. The number of amidine groups is 1. The third kappa shape index (κ3) is 2.23. The van der Waals surface area contributed by atoms with Crippen molar-refractivity contribution in [3.8, 4) is 0 Å². The first-order valence-corrected chi connectivity index (χ1v) is 6.34. The van der Waals surface area contributed by atoms with Gasteiger partial charge in [-0.3, -0.25) is 4.79 Å². The van der Waals surface area contributed by atoms with E-state index in [1.54, 1.807) is 4.90 Å². The zero-order chi connectivity index (χ0) is 12.5. The highest BCUT2D eigenvalue weighted by Gasteiger charge is 2.55. The first-order valence-electron chi connectivity index (χ1n) is 6.34. The van der Waals surface area contributed by atoms with Crippen LogP contribution in [0.5, 0.6) is 0 Å². The molecule has 0 aromatic heterocycles. The van der Waals surface area contributed by atoms with E-state index in [0.717, 1.165) is 6.54 Å². The van der Waals surface area contributed by atoms with Crippen molar-refractivity contribution in [2.45, 2.75) is 38.5 Å². The summed E-state index contributed by atoms with van der Waals surface area (Å²) in [6.45, 7) is 0.805. The summed E-state index contributed by atoms with van der Waals surface area (Å²) >= 11 is 0. The minimum Gasteiger partial charge on any atom is -0.409 e. The fraction of sp³-hybridized carbons (Fsp3) is 0.833. The Labute approximate surface area is 102 Å². The van der Waals surface area contributed by atoms with Crippen LogP contribution in [0.1, 0.15) is 38.5 Å². The van der Waals surface area contributed by atoms with Crippen molar-refractivity contribution in [1.29, 1.82) is 0 Å². The molecule has 0 aliphatic heterocycles. The molecule has 1 amide bonds. The van der Waals surface area contributed by atoms with Gasteiger partial charge in [-0.1, -0.05) is 18.0 Å². The van der Waals surface area contributed by atoms with Crippen LogP contribution in [0.4, 0.5) is 0 Å². The molecule has 2 fully saturated rings. The first kappa shape index (κ1) is 12.2. The maximum atomic E-state index is 12.3. The maximum Gasteiger partial charge on any atom is 0.236 e. The number of nitrogens with zero attached hydrogens (tertiary/aromatic N) is 2. The Morgan fingerprint density at radius 3 is 2.53 bits per heavy atom. The number of hydrogen-bond donors (Lipinski definition) is 2. The fourth-order valence-corrected chi connectivity index (χ4v) is 2.83. The zero-order valence-electron chi connectivity index (χ0n) is 10.4. The molecular weight excluding hydrogens is 218 g/mol. The monoisotopic (exact) mass is 239 g/mol. The number of hydrogen-bond acceptors (Lipinski definition) is 3. The number of carbonyl (C=O) groups is 1. The highest BCUT2D eigenvalue weighted by atomic mass is 16.4. The van der Waals surface area contributed by atoms with Crippen molar-refractivity contribution in [2.24, 2.45) is 22.2 Å². The standard InChI is InChI=1S/C12H21N3O2/c1-15(8-9-4-2-3-5-9)11(16)12(6-7-12)10(13)14-17/h9,17H,2-8H2,1H3,(H2,13,14). The van der Waals surface area contributed by atoms with Crippen molar-refractivity contribution in [3.63, 3.8) is 0 Å². The molecule has 0 radical (unpaired) electrons. The molecule has 0 saturated heterocycles. The van der Waals surface area contributed by atoms with E-state index in [-0.39, 0.29) is 11.7 Å². The van der Waals surface area contributed by atoms with Crippen LogP contribution in [0.25, 0.3) is 0 Å². The number of amides is 1. The van der Waals surface area contributed by atoms with Crippen LogP contribution < -0.4 is 5.73 Å². The second kappa shape index (κ2) is 4.55. The van der Waals surface area contributed by atoms with E-state index < -0.39 is 5.41 Å². The van der Waals surface area contributed by atoms with Crippen LogP contribution in [0, 0.1) is 11.3 Å². The molecule has 2 rings (SSSR count). The third-order valence-corrected chi connectivity index (χ3v) is 4.11. The van der Waals surface area contributed by atoms with Crippen LogP contribution in [-0.2, 0) is 4.79 Å². The molecule has 2 saturated carbocycles. The highest BCUT2D eigenvalue weighted by molar-refractivity contribution is 6.09. The van der Waals surface area contributed by atoms with E-state index in [0.29, 0.717) is 18.8 Å². The Kier molecular flexibility index (Phi) is 3.26. The summed E-state index contributed by atoms with van der Waals surface area (Å²) in [6.07, 6.45) is 6.39. The molecule has 96 valence electrons. The Balaban J connectivity index is 1.95. The average Bonchev–Trinajstić information content (AvgIpc) is 2.99. The van der Waals surface area contributed by atoms with Gasteiger partial charge in [-0.25, -0.2) is 0 Å². The van der Waals surface area contributed by atoms with Gasteiger partial charge in [-0.2, -0.15) is 0 Å². The normalized spacial score (nSPS) is 23.7. The first-order chi connectivity index (χ1) is 8.10. The minimum absolute atomic E-state index is 0.0136. The zero-order valence-corrected chi connectivity index (χ0v) is 10.4. The van der Waals surface area contributed by atoms with Crippen LogP contribution in [-0.4, -0.2) is 35.4 Å². The van der Waals surface area contributed by atoms with Crippen LogP contribution in [0.3, 0.4) is 0 Å². The van der Waals surface area contributed by atoms with Crippen molar-refractivity contribution in [1.82, 2.24) is 4.90 Å². The van der Waals surface area contributed by atoms with Crippen molar-refractivity contribution in [3.05, 3.63) is 0 Å². The van der Waals surface area contributed by atoms with Gasteiger partial charge in [0.15, 0.2) is 5.84 Å². The van der Waals surface area contributed by atoms with E-state index >= 15 is 0 Å². The number of oxime groups is 1. The SMILES string of the molecule is CN(CC1CCCC1)C(=O)C1(C(N)=NO)CC1. The fourth-order valence-electron chi connectivity index (χ4n) is 2.83. The molecular formula is C12H21N3O2.